The van der Waals surface area contributed by atoms with Gasteiger partial charge in [-0.15, -0.1) is 24.0 Å². The van der Waals surface area contributed by atoms with Crippen molar-refractivity contribution in [3.63, 3.8) is 0 Å². The molecule has 0 radical (unpaired) electrons. The number of carbonyl (C=O) groups excluding carboxylic acids is 1. The molecule has 1 amide bonds. The van der Waals surface area contributed by atoms with Gasteiger partial charge in [-0.05, 0) is 36.1 Å². The average molecular weight is 327 g/mol. The first kappa shape index (κ1) is 14.7. The van der Waals surface area contributed by atoms with Crippen LogP contribution in [-0.4, -0.2) is 5.91 Å². The Morgan fingerprint density at radius 1 is 1.36 bits per heavy atom. The van der Waals surface area contributed by atoms with Gasteiger partial charge in [0.2, 0.25) is 0 Å². The Hall–Kier alpha value is -2.23. The van der Waals surface area contributed by atoms with E-state index in [2.05, 4.69) is 17.9 Å². The van der Waals surface area contributed by atoms with Crippen LogP contribution < -0.4 is 10.2 Å². The fourth-order valence-electron chi connectivity index (χ4n) is 2.40. The van der Waals surface area contributed by atoms with Gasteiger partial charge in [-0.25, -0.2) is 0 Å². The molecule has 1 unspecified atom stereocenters. The molecule has 22 heavy (non-hydrogen) atoms. The first-order valence-electron chi connectivity index (χ1n) is 6.65. The van der Waals surface area contributed by atoms with Crippen molar-refractivity contribution in [1.82, 2.24) is 5.32 Å². The molecule has 1 N–H and O–H groups in total. The maximum Gasteiger partial charge on any atom is 0.266 e. The SMILES string of the molecule is Cc1cccc(N2C(S)=C(C#N)C(=O)NC2c2cccs2)c1. The maximum absolute atomic E-state index is 12.1. The summed E-state index contributed by atoms with van der Waals surface area (Å²) in [6.45, 7) is 2.00. The molecule has 6 heteroatoms. The van der Waals surface area contributed by atoms with Crippen molar-refractivity contribution in [2.24, 2.45) is 0 Å². The van der Waals surface area contributed by atoms with E-state index in [1.165, 1.54) is 0 Å². The minimum atomic E-state index is -0.394. The molecule has 110 valence electrons. The van der Waals surface area contributed by atoms with Crippen LogP contribution in [0, 0.1) is 18.3 Å². The van der Waals surface area contributed by atoms with Crippen LogP contribution in [0.1, 0.15) is 16.6 Å². The number of benzene rings is 1. The van der Waals surface area contributed by atoms with Gasteiger partial charge < -0.3 is 10.2 Å². The highest BCUT2D eigenvalue weighted by molar-refractivity contribution is 7.84. The smallest absolute Gasteiger partial charge is 0.266 e. The minimum Gasteiger partial charge on any atom is -0.326 e. The molecular weight excluding hydrogens is 314 g/mol. The van der Waals surface area contributed by atoms with E-state index >= 15 is 0 Å². The fourth-order valence-corrected chi connectivity index (χ4v) is 3.55. The molecule has 2 aromatic rings. The van der Waals surface area contributed by atoms with E-state index in [9.17, 15) is 10.1 Å². The highest BCUT2D eigenvalue weighted by Gasteiger charge is 2.34. The molecule has 0 fully saturated rings. The second-order valence-electron chi connectivity index (χ2n) is 4.91. The lowest BCUT2D eigenvalue weighted by atomic mass is 10.1. The van der Waals surface area contributed by atoms with Gasteiger partial charge >= 0.3 is 0 Å². The molecule has 3 rings (SSSR count). The first-order valence-corrected chi connectivity index (χ1v) is 7.98. The van der Waals surface area contributed by atoms with Crippen LogP contribution in [-0.2, 0) is 4.79 Å². The normalized spacial score (nSPS) is 18.1. The predicted octanol–water partition coefficient (Wildman–Crippen LogP) is 3.36. The van der Waals surface area contributed by atoms with E-state index in [1.54, 1.807) is 11.3 Å². The van der Waals surface area contributed by atoms with Gasteiger partial charge in [0.1, 0.15) is 17.8 Å². The van der Waals surface area contributed by atoms with E-state index in [0.717, 1.165) is 16.1 Å². The number of amides is 1. The zero-order chi connectivity index (χ0) is 15.7. The number of thiol groups is 1. The number of nitrogens with one attached hydrogen (secondary N) is 1. The van der Waals surface area contributed by atoms with Crippen molar-refractivity contribution >= 4 is 35.6 Å². The zero-order valence-corrected chi connectivity index (χ0v) is 13.5. The third kappa shape index (κ3) is 2.49. The van der Waals surface area contributed by atoms with Gasteiger partial charge in [0.05, 0.1) is 5.03 Å². The molecule has 2 heterocycles. The summed E-state index contributed by atoms with van der Waals surface area (Å²) in [6.07, 6.45) is -0.362. The number of carbonyl (C=O) groups is 1. The number of aryl methyl sites for hydroxylation is 1. The van der Waals surface area contributed by atoms with Crippen LogP contribution in [0.5, 0.6) is 0 Å². The highest BCUT2D eigenvalue weighted by Crippen LogP contribution is 2.37. The van der Waals surface area contributed by atoms with Crippen molar-refractivity contribution in [1.29, 1.82) is 5.26 Å². The summed E-state index contributed by atoms with van der Waals surface area (Å²) in [5, 5.41) is 14.4. The molecule has 1 aliphatic rings. The Bertz CT molecular complexity index is 790. The Morgan fingerprint density at radius 3 is 2.82 bits per heavy atom. The summed E-state index contributed by atoms with van der Waals surface area (Å²) in [5.41, 5.74) is 2.01. The summed E-state index contributed by atoms with van der Waals surface area (Å²) < 4.78 is 0. The second kappa shape index (κ2) is 5.87. The summed E-state index contributed by atoms with van der Waals surface area (Å²) in [6, 6.07) is 13.7. The Morgan fingerprint density at radius 2 is 2.18 bits per heavy atom. The largest absolute Gasteiger partial charge is 0.326 e. The number of nitrogens with zero attached hydrogens (tertiary/aromatic N) is 2. The average Bonchev–Trinajstić information content (AvgIpc) is 3.01. The number of hydrogen-bond acceptors (Lipinski definition) is 5. The maximum atomic E-state index is 12.1. The molecule has 1 aromatic carbocycles. The number of nitriles is 1. The van der Waals surface area contributed by atoms with Gasteiger partial charge in [-0.1, -0.05) is 18.2 Å². The van der Waals surface area contributed by atoms with Crippen LogP contribution in [0.15, 0.2) is 52.4 Å². The Balaban J connectivity index is 2.17. The monoisotopic (exact) mass is 327 g/mol. The Kier molecular flexibility index (Phi) is 3.92. The number of rotatable bonds is 2. The van der Waals surface area contributed by atoms with Crippen LogP contribution >= 0.6 is 24.0 Å². The van der Waals surface area contributed by atoms with Crippen molar-refractivity contribution in [2.75, 3.05) is 4.90 Å². The van der Waals surface area contributed by atoms with Crippen molar-refractivity contribution < 1.29 is 4.79 Å². The number of thiophene rings is 1. The molecule has 0 aliphatic carbocycles. The van der Waals surface area contributed by atoms with Gasteiger partial charge in [0, 0.05) is 10.6 Å². The summed E-state index contributed by atoms with van der Waals surface area (Å²) in [5.74, 6) is -0.394. The zero-order valence-electron chi connectivity index (χ0n) is 11.8. The standard InChI is InChI=1S/C16H13N3OS2/c1-10-4-2-5-11(8-10)19-14(13-6-3-7-22-13)18-15(20)12(9-17)16(19)21/h2-8,14,21H,1H3,(H,18,20). The predicted molar refractivity (Wildman–Crippen MR) is 90.5 cm³/mol. The third-order valence-electron chi connectivity index (χ3n) is 3.41. The lowest BCUT2D eigenvalue weighted by Crippen LogP contribution is -2.45. The number of anilines is 1. The molecule has 0 bridgehead atoms. The summed E-state index contributed by atoms with van der Waals surface area (Å²) in [7, 11) is 0. The summed E-state index contributed by atoms with van der Waals surface area (Å²) >= 11 is 6.00. The number of hydrogen-bond donors (Lipinski definition) is 2. The molecule has 1 atom stereocenters. The summed E-state index contributed by atoms with van der Waals surface area (Å²) in [4.78, 5) is 15.0. The quantitative estimate of drug-likeness (QED) is 0.832. The van der Waals surface area contributed by atoms with E-state index in [-0.39, 0.29) is 11.7 Å². The molecular formula is C16H13N3OS2. The molecule has 1 aliphatic heterocycles. The molecule has 4 nitrogen and oxygen atoms in total. The molecule has 1 aromatic heterocycles. The van der Waals surface area contributed by atoms with E-state index < -0.39 is 5.91 Å². The molecule has 0 spiro atoms. The van der Waals surface area contributed by atoms with Crippen LogP contribution in [0.2, 0.25) is 0 Å². The van der Waals surface area contributed by atoms with E-state index in [4.69, 9.17) is 0 Å². The van der Waals surface area contributed by atoms with Gasteiger partial charge in [-0.3, -0.25) is 4.79 Å². The first-order chi connectivity index (χ1) is 10.6. The van der Waals surface area contributed by atoms with Crippen LogP contribution in [0.25, 0.3) is 0 Å². The topological polar surface area (TPSA) is 56.1 Å². The van der Waals surface area contributed by atoms with Crippen LogP contribution in [0.3, 0.4) is 0 Å². The lowest BCUT2D eigenvalue weighted by molar-refractivity contribution is -0.118. The van der Waals surface area contributed by atoms with E-state index in [1.807, 2.05) is 59.7 Å². The van der Waals surface area contributed by atoms with Crippen LogP contribution in [0.4, 0.5) is 5.69 Å². The Labute approximate surface area is 138 Å². The van der Waals surface area contributed by atoms with Crippen molar-refractivity contribution in [3.8, 4) is 6.07 Å². The third-order valence-corrected chi connectivity index (χ3v) is 4.77. The van der Waals surface area contributed by atoms with Gasteiger partial charge in [0.25, 0.3) is 5.91 Å². The highest BCUT2D eigenvalue weighted by atomic mass is 32.1. The minimum absolute atomic E-state index is 0.0256. The fraction of sp³-hybridized carbons (Fsp3) is 0.125. The van der Waals surface area contributed by atoms with E-state index in [0.29, 0.717) is 5.03 Å². The van der Waals surface area contributed by atoms with Gasteiger partial charge in [-0.2, -0.15) is 5.26 Å². The van der Waals surface area contributed by atoms with Gasteiger partial charge in [0.15, 0.2) is 0 Å². The van der Waals surface area contributed by atoms with Crippen molar-refractivity contribution in [2.45, 2.75) is 13.1 Å². The molecule has 0 saturated heterocycles. The van der Waals surface area contributed by atoms with Crippen molar-refractivity contribution in [3.05, 3.63) is 62.8 Å². The molecule has 0 saturated carbocycles. The lowest BCUT2D eigenvalue weighted by Gasteiger charge is -2.37. The second-order valence-corrected chi connectivity index (χ2v) is 6.31.